The quantitative estimate of drug-likeness (QED) is 0.518. The molecule has 5 heteroatoms. The largest absolute Gasteiger partial charge is 0.256 e. The third kappa shape index (κ3) is 4.63. The van der Waals surface area contributed by atoms with Gasteiger partial charge < -0.3 is 0 Å². The number of benzene rings is 2. The van der Waals surface area contributed by atoms with Crippen molar-refractivity contribution in [2.45, 2.75) is 52.0 Å². The van der Waals surface area contributed by atoms with Gasteiger partial charge in [0.05, 0.1) is 37.1 Å². The summed E-state index contributed by atoms with van der Waals surface area (Å²) in [5.74, 6) is 0. The summed E-state index contributed by atoms with van der Waals surface area (Å²) in [6.45, 7) is 12.2. The average molecular weight is 411 g/mol. The molecule has 0 bridgehead atoms. The van der Waals surface area contributed by atoms with Crippen LogP contribution < -0.4 is 0 Å². The van der Waals surface area contributed by atoms with Crippen molar-refractivity contribution in [1.82, 2.24) is 4.98 Å². The van der Waals surface area contributed by atoms with Gasteiger partial charge in [-0.15, -0.1) is 0 Å². The van der Waals surface area contributed by atoms with E-state index in [1.165, 1.54) is 0 Å². The molecule has 0 N–H and O–H groups in total. The topological polar surface area (TPSA) is 12.9 Å². The van der Waals surface area contributed by atoms with Crippen molar-refractivity contribution in [1.29, 1.82) is 0 Å². The molecular formula is C27H29B4N. The van der Waals surface area contributed by atoms with E-state index < -0.39 is 10.4 Å². The number of nitrogens with zero attached hydrogens (tertiary/aromatic N) is 1. The van der Waals surface area contributed by atoms with Crippen LogP contribution in [0.3, 0.4) is 0 Å². The molecule has 3 aromatic rings. The van der Waals surface area contributed by atoms with Gasteiger partial charge in [0.1, 0.15) is 0 Å². The maximum atomic E-state index is 6.69. The first-order valence-corrected chi connectivity index (χ1v) is 11.0. The molecule has 1 heterocycles. The monoisotopic (exact) mass is 411 g/mol. The average Bonchev–Trinajstić information content (AvgIpc) is 2.72. The first-order chi connectivity index (χ1) is 14.6. The van der Waals surface area contributed by atoms with Crippen molar-refractivity contribution < 1.29 is 0 Å². The third-order valence-corrected chi connectivity index (χ3v) is 6.53. The second kappa shape index (κ2) is 8.32. The van der Waals surface area contributed by atoms with Crippen molar-refractivity contribution >= 4 is 31.4 Å². The van der Waals surface area contributed by atoms with Gasteiger partial charge in [-0.3, -0.25) is 4.98 Å². The molecule has 0 fully saturated rings. The molecule has 1 aromatic heterocycles. The van der Waals surface area contributed by atoms with E-state index in [0.717, 1.165) is 33.5 Å². The lowest BCUT2D eigenvalue weighted by atomic mass is 9.38. The van der Waals surface area contributed by atoms with E-state index in [1.54, 1.807) is 0 Å². The van der Waals surface area contributed by atoms with Gasteiger partial charge in [0.15, 0.2) is 0 Å². The number of hydrogen-bond donors (Lipinski definition) is 0. The highest BCUT2D eigenvalue weighted by Crippen LogP contribution is 2.42. The Morgan fingerprint density at radius 2 is 1.06 bits per heavy atom. The Hall–Kier alpha value is -2.15. The van der Waals surface area contributed by atoms with Gasteiger partial charge in [0.25, 0.3) is 0 Å². The third-order valence-electron chi connectivity index (χ3n) is 6.53. The zero-order valence-corrected chi connectivity index (χ0v) is 20.1. The molecule has 0 saturated carbocycles. The molecule has 1 nitrogen and oxygen atoms in total. The molecule has 0 saturated heterocycles. The minimum absolute atomic E-state index is 0.385. The smallest absolute Gasteiger partial charge is 0.0708 e. The standard InChI is InChI=1S/C27H29B4N/c1-24(2,3)26(28,29)21-14-20(15-22(17-21)27(30,31)25(4,5)6)19-12-13-32-23(16-19)18-10-8-7-9-11-18/h7-17H,1-6H3. The lowest BCUT2D eigenvalue weighted by Crippen LogP contribution is -2.43. The van der Waals surface area contributed by atoms with Crippen LogP contribution in [-0.4, -0.2) is 36.4 Å². The van der Waals surface area contributed by atoms with Crippen LogP contribution in [-0.2, 0) is 10.4 Å². The summed E-state index contributed by atoms with van der Waals surface area (Å²) in [6.07, 6.45) is 1.81. The summed E-state index contributed by atoms with van der Waals surface area (Å²) in [6, 6.07) is 20.2. The van der Waals surface area contributed by atoms with Crippen molar-refractivity contribution in [2.24, 2.45) is 10.8 Å². The highest BCUT2D eigenvalue weighted by molar-refractivity contribution is 6.42. The summed E-state index contributed by atoms with van der Waals surface area (Å²) < 4.78 is 0. The van der Waals surface area contributed by atoms with Crippen molar-refractivity contribution in [2.75, 3.05) is 0 Å². The van der Waals surface area contributed by atoms with Gasteiger partial charge >= 0.3 is 0 Å². The fourth-order valence-electron chi connectivity index (χ4n) is 3.51. The van der Waals surface area contributed by atoms with E-state index in [0.29, 0.717) is 0 Å². The predicted octanol–water partition coefficient (Wildman–Crippen LogP) is 5.49. The predicted molar refractivity (Wildman–Crippen MR) is 140 cm³/mol. The van der Waals surface area contributed by atoms with E-state index in [1.807, 2.05) is 102 Å². The molecular weight excluding hydrogens is 382 g/mol. The first kappa shape index (κ1) is 24.5. The SMILES string of the molecule is [B]C([B])(c1cc(-c2ccnc(-c3ccccc3)c2)cc(C([B])([B])C(C)(C)C)c1)C(C)(C)C. The Kier molecular flexibility index (Phi) is 6.37. The van der Waals surface area contributed by atoms with Gasteiger partial charge in [-0.2, -0.15) is 0 Å². The summed E-state index contributed by atoms with van der Waals surface area (Å²) in [5.41, 5.74) is 4.70. The van der Waals surface area contributed by atoms with Crippen molar-refractivity contribution in [3.05, 3.63) is 78.0 Å². The summed E-state index contributed by atoms with van der Waals surface area (Å²) >= 11 is 0. The fourth-order valence-corrected chi connectivity index (χ4v) is 3.51. The molecule has 8 radical (unpaired) electrons. The summed E-state index contributed by atoms with van der Waals surface area (Å²) in [5, 5.41) is -2.16. The van der Waals surface area contributed by atoms with E-state index in [9.17, 15) is 0 Å². The molecule has 32 heavy (non-hydrogen) atoms. The van der Waals surface area contributed by atoms with E-state index in [-0.39, 0.29) is 10.8 Å². The summed E-state index contributed by atoms with van der Waals surface area (Å²) in [4.78, 5) is 4.56. The van der Waals surface area contributed by atoms with Crippen LogP contribution in [0.1, 0.15) is 52.7 Å². The second-order valence-corrected chi connectivity index (χ2v) is 10.8. The molecule has 3 rings (SSSR count). The van der Waals surface area contributed by atoms with Crippen LogP contribution in [0, 0.1) is 10.8 Å². The molecule has 0 aliphatic heterocycles. The Balaban J connectivity index is 2.25. The molecule has 0 aliphatic carbocycles. The second-order valence-electron chi connectivity index (χ2n) is 10.8. The highest BCUT2D eigenvalue weighted by atomic mass is 14.7. The Morgan fingerprint density at radius 3 is 1.53 bits per heavy atom. The van der Waals surface area contributed by atoms with E-state index >= 15 is 0 Å². The molecule has 2 aromatic carbocycles. The maximum absolute atomic E-state index is 6.69. The number of pyridine rings is 1. The van der Waals surface area contributed by atoms with Crippen LogP contribution in [0.5, 0.6) is 0 Å². The molecule has 0 spiro atoms. The molecule has 0 aliphatic rings. The van der Waals surface area contributed by atoms with Gasteiger partial charge in [-0.05, 0) is 34.1 Å². The molecule has 154 valence electrons. The van der Waals surface area contributed by atoms with E-state index in [4.69, 9.17) is 31.4 Å². The van der Waals surface area contributed by atoms with Crippen molar-refractivity contribution in [3.8, 4) is 22.4 Å². The minimum Gasteiger partial charge on any atom is -0.256 e. The minimum atomic E-state index is -1.08. The number of rotatable bonds is 4. The fraction of sp³-hybridized carbons (Fsp3) is 0.370. The van der Waals surface area contributed by atoms with Crippen LogP contribution in [0.15, 0.2) is 66.9 Å². The Morgan fingerprint density at radius 1 is 0.562 bits per heavy atom. The van der Waals surface area contributed by atoms with E-state index in [2.05, 4.69) is 11.1 Å². The van der Waals surface area contributed by atoms with Crippen LogP contribution in [0.25, 0.3) is 22.4 Å². The summed E-state index contributed by atoms with van der Waals surface area (Å²) in [7, 11) is 26.8. The lowest BCUT2D eigenvalue weighted by molar-refractivity contribution is 0.351. The maximum Gasteiger partial charge on any atom is 0.0708 e. The highest BCUT2D eigenvalue weighted by Gasteiger charge is 2.37. The van der Waals surface area contributed by atoms with Gasteiger partial charge in [0, 0.05) is 11.8 Å². The van der Waals surface area contributed by atoms with Gasteiger partial charge in [-0.1, -0.05) is 112 Å². The molecule has 0 amide bonds. The van der Waals surface area contributed by atoms with Crippen LogP contribution >= 0.6 is 0 Å². The normalized spacial score (nSPS) is 13.2. The molecule has 0 atom stereocenters. The number of hydrogen-bond acceptors (Lipinski definition) is 1. The zero-order valence-electron chi connectivity index (χ0n) is 20.1. The van der Waals surface area contributed by atoms with Gasteiger partial charge in [0.2, 0.25) is 0 Å². The van der Waals surface area contributed by atoms with Gasteiger partial charge in [-0.25, -0.2) is 0 Å². The van der Waals surface area contributed by atoms with Crippen molar-refractivity contribution in [3.63, 3.8) is 0 Å². The van der Waals surface area contributed by atoms with Crippen LogP contribution in [0.2, 0.25) is 0 Å². The Labute approximate surface area is 199 Å². The lowest BCUT2D eigenvalue weighted by Gasteiger charge is -2.44. The zero-order chi connectivity index (χ0) is 23.9. The first-order valence-electron chi connectivity index (χ1n) is 11.0. The molecule has 0 unspecified atom stereocenters. The van der Waals surface area contributed by atoms with Crippen LogP contribution in [0.4, 0.5) is 0 Å². The number of aromatic nitrogens is 1. The Bertz CT molecular complexity index is 1050.